The van der Waals surface area contributed by atoms with E-state index in [9.17, 15) is 9.59 Å². The van der Waals surface area contributed by atoms with Crippen molar-refractivity contribution in [3.63, 3.8) is 0 Å². The fourth-order valence-corrected chi connectivity index (χ4v) is 3.57. The predicted octanol–water partition coefficient (Wildman–Crippen LogP) is 3.69. The number of nitrogens with one attached hydrogen (secondary N) is 2. The number of rotatable bonds is 4. The molecule has 2 aromatic heterocycles. The molecule has 0 unspecified atom stereocenters. The first-order valence-electron chi connectivity index (χ1n) is 10.6. The van der Waals surface area contributed by atoms with Crippen molar-refractivity contribution in [1.29, 1.82) is 0 Å². The normalized spacial score (nSPS) is 13.0. The lowest BCUT2D eigenvalue weighted by Crippen LogP contribution is -2.35. The van der Waals surface area contributed by atoms with Gasteiger partial charge in [-0.15, -0.1) is 0 Å². The summed E-state index contributed by atoms with van der Waals surface area (Å²) in [4.78, 5) is 32.7. The molecule has 1 saturated carbocycles. The van der Waals surface area contributed by atoms with E-state index in [1.54, 1.807) is 30.0 Å². The summed E-state index contributed by atoms with van der Waals surface area (Å²) in [7, 11) is 0. The molecule has 1 aliphatic rings. The number of amides is 2. The third-order valence-electron chi connectivity index (χ3n) is 5.23. The molecule has 1 aliphatic carbocycles. The molecular weight excluding hydrogens is 420 g/mol. The number of aromatic nitrogens is 2. The van der Waals surface area contributed by atoms with E-state index < -0.39 is 12.0 Å². The summed E-state index contributed by atoms with van der Waals surface area (Å²) in [6, 6.07) is 13.8. The molecule has 2 amide bonds. The Hall–Kier alpha value is -4.22. The van der Waals surface area contributed by atoms with Crippen LogP contribution in [-0.2, 0) is 0 Å². The van der Waals surface area contributed by atoms with Crippen LogP contribution in [0.25, 0.3) is 11.3 Å². The zero-order valence-corrected chi connectivity index (χ0v) is 17.7. The van der Waals surface area contributed by atoms with Crippen LogP contribution >= 0.6 is 0 Å². The number of hydrogen-bond acceptors (Lipinski definition) is 6. The second-order valence-corrected chi connectivity index (χ2v) is 7.60. The highest BCUT2D eigenvalue weighted by molar-refractivity contribution is 5.94. The minimum atomic E-state index is -0.737. The SMILES string of the molecule is O=C(NC1CCCC1)Oc1cc(C(=O)NO)cc(-c2ccc(C#Cc3cccnc3)cc2)n1. The highest BCUT2D eigenvalue weighted by Crippen LogP contribution is 2.24. The second-order valence-electron chi connectivity index (χ2n) is 7.60. The molecule has 33 heavy (non-hydrogen) atoms. The monoisotopic (exact) mass is 442 g/mol. The molecule has 8 heteroatoms. The van der Waals surface area contributed by atoms with Gasteiger partial charge in [-0.05, 0) is 43.2 Å². The number of hydroxylamine groups is 1. The minimum Gasteiger partial charge on any atom is -0.391 e. The van der Waals surface area contributed by atoms with Crippen molar-refractivity contribution in [2.75, 3.05) is 0 Å². The Bertz CT molecular complexity index is 1190. The van der Waals surface area contributed by atoms with Gasteiger partial charge in [-0.1, -0.05) is 36.8 Å². The first-order chi connectivity index (χ1) is 16.1. The number of carbonyl (C=O) groups excluding carboxylic acids is 2. The summed E-state index contributed by atoms with van der Waals surface area (Å²) < 4.78 is 5.33. The van der Waals surface area contributed by atoms with Crippen LogP contribution in [0, 0.1) is 11.8 Å². The quantitative estimate of drug-likeness (QED) is 0.323. The van der Waals surface area contributed by atoms with Crippen LogP contribution in [0.1, 0.15) is 47.2 Å². The molecule has 0 spiro atoms. The van der Waals surface area contributed by atoms with Crippen molar-refractivity contribution < 1.29 is 19.5 Å². The summed E-state index contributed by atoms with van der Waals surface area (Å²) in [5.74, 6) is 5.33. The highest BCUT2D eigenvalue weighted by atomic mass is 16.6. The maximum Gasteiger partial charge on any atom is 0.414 e. The Kier molecular flexibility index (Phi) is 6.93. The zero-order valence-electron chi connectivity index (χ0n) is 17.7. The summed E-state index contributed by atoms with van der Waals surface area (Å²) in [6.45, 7) is 0. The number of ether oxygens (including phenoxy) is 1. The van der Waals surface area contributed by atoms with E-state index in [1.165, 1.54) is 12.1 Å². The molecule has 8 nitrogen and oxygen atoms in total. The molecule has 2 heterocycles. The molecule has 0 radical (unpaired) electrons. The number of hydrogen-bond donors (Lipinski definition) is 3. The number of benzene rings is 1. The Morgan fingerprint density at radius 3 is 2.48 bits per heavy atom. The van der Waals surface area contributed by atoms with Crippen molar-refractivity contribution in [3.05, 3.63) is 77.6 Å². The Morgan fingerprint density at radius 2 is 1.79 bits per heavy atom. The molecular formula is C25H22N4O4. The summed E-state index contributed by atoms with van der Waals surface area (Å²) in [5.41, 5.74) is 4.40. The van der Waals surface area contributed by atoms with Gasteiger partial charge in [0.15, 0.2) is 0 Å². The lowest BCUT2D eigenvalue weighted by atomic mass is 10.1. The van der Waals surface area contributed by atoms with Gasteiger partial charge in [-0.3, -0.25) is 15.0 Å². The largest absolute Gasteiger partial charge is 0.414 e. The second kappa shape index (κ2) is 10.4. The standard InChI is InChI=1S/C25H22N4O4/c30-24(29-32)20-14-22(28-23(15-20)33-25(31)27-21-5-1-2-6-21)19-11-9-17(10-12-19)7-8-18-4-3-13-26-16-18/h3-4,9-16,21,32H,1-2,5-6H2,(H,27,31)(H,29,30). The van der Waals surface area contributed by atoms with Gasteiger partial charge in [0.05, 0.1) is 5.69 Å². The molecule has 0 saturated heterocycles. The fourth-order valence-electron chi connectivity index (χ4n) is 3.57. The Balaban J connectivity index is 1.55. The van der Waals surface area contributed by atoms with E-state index in [2.05, 4.69) is 27.1 Å². The smallest absolute Gasteiger partial charge is 0.391 e. The molecule has 1 aromatic carbocycles. The summed E-state index contributed by atoms with van der Waals surface area (Å²) in [6.07, 6.45) is 6.72. The van der Waals surface area contributed by atoms with E-state index in [0.717, 1.165) is 36.8 Å². The van der Waals surface area contributed by atoms with Crippen LogP contribution in [0.5, 0.6) is 5.88 Å². The lowest BCUT2D eigenvalue weighted by Gasteiger charge is -2.13. The molecule has 0 aliphatic heterocycles. The Labute approximate surface area is 191 Å². The van der Waals surface area contributed by atoms with Crippen LogP contribution in [0.2, 0.25) is 0 Å². The molecule has 1 fully saturated rings. The molecule has 0 bridgehead atoms. The van der Waals surface area contributed by atoms with Gasteiger partial charge >= 0.3 is 6.09 Å². The van der Waals surface area contributed by atoms with Crippen molar-refractivity contribution in [1.82, 2.24) is 20.8 Å². The maximum absolute atomic E-state index is 12.3. The van der Waals surface area contributed by atoms with Crippen LogP contribution in [-0.4, -0.2) is 33.2 Å². The van der Waals surface area contributed by atoms with Crippen molar-refractivity contribution in [3.8, 4) is 29.0 Å². The van der Waals surface area contributed by atoms with Gasteiger partial charge < -0.3 is 10.1 Å². The Morgan fingerprint density at radius 1 is 1.03 bits per heavy atom. The maximum atomic E-state index is 12.3. The first-order valence-corrected chi connectivity index (χ1v) is 10.6. The third kappa shape index (κ3) is 5.93. The molecule has 4 rings (SSSR count). The summed E-state index contributed by atoms with van der Waals surface area (Å²) in [5, 5.41) is 11.9. The van der Waals surface area contributed by atoms with Gasteiger partial charge in [-0.2, -0.15) is 0 Å². The molecule has 0 atom stereocenters. The van der Waals surface area contributed by atoms with Gasteiger partial charge in [0.1, 0.15) is 0 Å². The van der Waals surface area contributed by atoms with Crippen LogP contribution in [0.15, 0.2) is 60.9 Å². The average Bonchev–Trinajstić information content (AvgIpc) is 3.36. The van der Waals surface area contributed by atoms with Gasteiger partial charge in [0.2, 0.25) is 5.88 Å². The number of carbonyl (C=O) groups is 2. The topological polar surface area (TPSA) is 113 Å². The molecule has 3 N–H and O–H groups in total. The number of pyridine rings is 2. The fraction of sp³-hybridized carbons (Fsp3) is 0.200. The minimum absolute atomic E-state index is 0.0398. The highest BCUT2D eigenvalue weighted by Gasteiger charge is 2.19. The van der Waals surface area contributed by atoms with Gasteiger partial charge in [0.25, 0.3) is 5.91 Å². The van der Waals surface area contributed by atoms with Gasteiger partial charge in [0, 0.05) is 46.8 Å². The van der Waals surface area contributed by atoms with E-state index in [4.69, 9.17) is 9.94 Å². The lowest BCUT2D eigenvalue weighted by molar-refractivity contribution is 0.0705. The van der Waals surface area contributed by atoms with Crippen LogP contribution < -0.4 is 15.5 Å². The van der Waals surface area contributed by atoms with Crippen molar-refractivity contribution >= 4 is 12.0 Å². The predicted molar refractivity (Wildman–Crippen MR) is 121 cm³/mol. The molecule has 3 aromatic rings. The van der Waals surface area contributed by atoms with Gasteiger partial charge in [-0.25, -0.2) is 15.3 Å². The summed E-state index contributed by atoms with van der Waals surface area (Å²) >= 11 is 0. The average molecular weight is 442 g/mol. The van der Waals surface area contributed by atoms with E-state index >= 15 is 0 Å². The van der Waals surface area contributed by atoms with Crippen molar-refractivity contribution in [2.45, 2.75) is 31.7 Å². The third-order valence-corrected chi connectivity index (χ3v) is 5.23. The number of nitrogens with zero attached hydrogens (tertiary/aromatic N) is 2. The van der Waals surface area contributed by atoms with E-state index in [-0.39, 0.29) is 17.5 Å². The van der Waals surface area contributed by atoms with E-state index in [0.29, 0.717) is 11.3 Å². The first kappa shape index (κ1) is 22.0. The zero-order chi connectivity index (χ0) is 23.0. The van der Waals surface area contributed by atoms with E-state index in [1.807, 2.05) is 24.3 Å². The van der Waals surface area contributed by atoms with Crippen LogP contribution in [0.4, 0.5) is 4.79 Å². The van der Waals surface area contributed by atoms with Crippen LogP contribution in [0.3, 0.4) is 0 Å². The molecule has 166 valence electrons. The van der Waals surface area contributed by atoms with Crippen molar-refractivity contribution in [2.24, 2.45) is 0 Å².